The van der Waals surface area contributed by atoms with E-state index in [-0.39, 0.29) is 11.8 Å². The van der Waals surface area contributed by atoms with Crippen LogP contribution in [0, 0.1) is 0 Å². The lowest BCUT2D eigenvalue weighted by Gasteiger charge is -2.13. The Kier molecular flexibility index (Phi) is 7.53. The van der Waals surface area contributed by atoms with E-state index in [1.807, 2.05) is 133 Å². The van der Waals surface area contributed by atoms with E-state index in [4.69, 9.17) is 0 Å². The summed E-state index contributed by atoms with van der Waals surface area (Å²) in [4.78, 5) is 28.4. The molecule has 0 saturated carbocycles. The van der Waals surface area contributed by atoms with Crippen molar-refractivity contribution in [2.75, 3.05) is 10.6 Å². The van der Waals surface area contributed by atoms with Gasteiger partial charge in [-0.15, -0.1) is 0 Å². The second kappa shape index (κ2) is 11.7. The minimum Gasteiger partial charge on any atom is -0.321 e. The van der Waals surface area contributed by atoms with E-state index in [0.717, 1.165) is 42.7 Å². The van der Waals surface area contributed by atoms with Crippen molar-refractivity contribution in [2.24, 2.45) is 0 Å². The number of amides is 2. The molecule has 6 aromatic carbocycles. The predicted molar refractivity (Wildman–Crippen MR) is 168 cm³/mol. The zero-order chi connectivity index (χ0) is 27.3. The molecular weight excluding hydrogens is 533 g/mol. The molecule has 0 saturated heterocycles. The summed E-state index contributed by atoms with van der Waals surface area (Å²) in [5.74, 6) is -0.357. The number of anilines is 2. The van der Waals surface area contributed by atoms with Gasteiger partial charge in [0, 0.05) is 31.9 Å². The molecule has 0 unspecified atom stereocenters. The summed E-state index contributed by atoms with van der Waals surface area (Å²) in [7, 11) is 2.92. The van der Waals surface area contributed by atoms with E-state index in [1.165, 1.54) is 21.6 Å². The largest absolute Gasteiger partial charge is 0.321 e. The van der Waals surface area contributed by atoms with Crippen molar-refractivity contribution in [1.29, 1.82) is 0 Å². The first-order valence-corrected chi connectivity index (χ1v) is 14.9. The highest BCUT2D eigenvalue weighted by atomic mass is 33.1. The molecule has 0 aliphatic rings. The van der Waals surface area contributed by atoms with Crippen molar-refractivity contribution in [3.05, 3.63) is 145 Å². The first-order valence-electron chi connectivity index (χ1n) is 12.8. The second-order valence-corrected chi connectivity index (χ2v) is 11.3. The van der Waals surface area contributed by atoms with Gasteiger partial charge in [0.05, 0.1) is 11.1 Å². The van der Waals surface area contributed by atoms with Gasteiger partial charge in [0.2, 0.25) is 0 Å². The average Bonchev–Trinajstić information content (AvgIpc) is 3.00. The normalized spacial score (nSPS) is 10.9. The van der Waals surface area contributed by atoms with Crippen molar-refractivity contribution in [3.63, 3.8) is 0 Å². The summed E-state index contributed by atoms with van der Waals surface area (Å²) in [5.41, 5.74) is 2.69. The molecule has 2 amide bonds. The number of nitrogens with one attached hydrogen (secondary N) is 2. The molecule has 0 fully saturated rings. The van der Waals surface area contributed by atoms with E-state index >= 15 is 0 Å². The zero-order valence-electron chi connectivity index (χ0n) is 21.3. The van der Waals surface area contributed by atoms with Crippen LogP contribution in [0.3, 0.4) is 0 Å². The molecule has 0 atom stereocenters. The quantitative estimate of drug-likeness (QED) is 0.192. The SMILES string of the molecule is O=C(Nc1cccc2ccccc12)c1ccccc1SSc1ccccc1C(=O)Nc1cccc2ccccc12. The maximum absolute atomic E-state index is 13.4. The Morgan fingerprint density at radius 2 is 0.800 bits per heavy atom. The van der Waals surface area contributed by atoms with Crippen LogP contribution in [0.4, 0.5) is 11.4 Å². The first-order chi connectivity index (χ1) is 19.7. The molecule has 0 bridgehead atoms. The van der Waals surface area contributed by atoms with Crippen molar-refractivity contribution in [3.8, 4) is 0 Å². The van der Waals surface area contributed by atoms with Crippen molar-refractivity contribution >= 4 is 66.3 Å². The molecule has 0 aliphatic carbocycles. The van der Waals surface area contributed by atoms with E-state index in [9.17, 15) is 9.59 Å². The molecule has 2 N–H and O–H groups in total. The fraction of sp³-hybridized carbons (Fsp3) is 0. The van der Waals surface area contributed by atoms with Crippen LogP contribution in [0.15, 0.2) is 143 Å². The number of benzene rings is 6. The maximum Gasteiger partial charge on any atom is 0.256 e. The van der Waals surface area contributed by atoms with E-state index in [2.05, 4.69) is 10.6 Å². The van der Waals surface area contributed by atoms with E-state index < -0.39 is 0 Å². The topological polar surface area (TPSA) is 58.2 Å². The monoisotopic (exact) mass is 556 g/mol. The Labute approximate surface area is 240 Å². The maximum atomic E-state index is 13.4. The number of hydrogen-bond donors (Lipinski definition) is 2. The Morgan fingerprint density at radius 1 is 0.425 bits per heavy atom. The lowest BCUT2D eigenvalue weighted by atomic mass is 10.1. The summed E-state index contributed by atoms with van der Waals surface area (Å²) in [6, 6.07) is 42.8. The first kappa shape index (κ1) is 25.7. The van der Waals surface area contributed by atoms with Crippen LogP contribution >= 0.6 is 21.6 Å². The summed E-state index contributed by atoms with van der Waals surface area (Å²) in [6.45, 7) is 0. The van der Waals surface area contributed by atoms with Crippen LogP contribution in [-0.4, -0.2) is 11.8 Å². The molecule has 0 heterocycles. The Morgan fingerprint density at radius 3 is 1.27 bits per heavy atom. The van der Waals surface area contributed by atoms with Gasteiger partial charge in [0.15, 0.2) is 0 Å². The van der Waals surface area contributed by atoms with Crippen LogP contribution in [0.5, 0.6) is 0 Å². The van der Waals surface area contributed by atoms with Gasteiger partial charge in [-0.05, 0) is 47.2 Å². The Hall–Kier alpha value is -4.52. The number of carbonyl (C=O) groups excluding carboxylic acids is 2. The van der Waals surface area contributed by atoms with Gasteiger partial charge in [-0.2, -0.15) is 0 Å². The van der Waals surface area contributed by atoms with Gasteiger partial charge in [0.1, 0.15) is 0 Å². The lowest BCUT2D eigenvalue weighted by molar-refractivity contribution is 0.101. The number of carbonyl (C=O) groups is 2. The fourth-order valence-electron chi connectivity index (χ4n) is 4.59. The van der Waals surface area contributed by atoms with E-state index in [1.54, 1.807) is 0 Å². The second-order valence-electron chi connectivity index (χ2n) is 9.12. The zero-order valence-corrected chi connectivity index (χ0v) is 23.0. The van der Waals surface area contributed by atoms with Crippen molar-refractivity contribution < 1.29 is 9.59 Å². The summed E-state index contributed by atoms with van der Waals surface area (Å²) in [6.07, 6.45) is 0. The molecule has 6 heteroatoms. The van der Waals surface area contributed by atoms with Gasteiger partial charge in [-0.3, -0.25) is 9.59 Å². The van der Waals surface area contributed by atoms with Crippen LogP contribution in [0.25, 0.3) is 21.5 Å². The highest BCUT2D eigenvalue weighted by Gasteiger charge is 2.17. The third-order valence-corrected chi connectivity index (χ3v) is 9.04. The Balaban J connectivity index is 1.21. The van der Waals surface area contributed by atoms with Gasteiger partial charge >= 0.3 is 0 Å². The molecule has 194 valence electrons. The van der Waals surface area contributed by atoms with Crippen molar-refractivity contribution in [2.45, 2.75) is 9.79 Å². The highest BCUT2D eigenvalue weighted by molar-refractivity contribution is 8.76. The molecule has 40 heavy (non-hydrogen) atoms. The number of fused-ring (bicyclic) bond motifs is 2. The molecule has 4 nitrogen and oxygen atoms in total. The van der Waals surface area contributed by atoms with Crippen LogP contribution in [0.2, 0.25) is 0 Å². The molecule has 0 radical (unpaired) electrons. The van der Waals surface area contributed by atoms with Gasteiger partial charge in [-0.25, -0.2) is 0 Å². The summed E-state index contributed by atoms with van der Waals surface area (Å²) >= 11 is 0. The third-order valence-electron chi connectivity index (χ3n) is 6.56. The van der Waals surface area contributed by atoms with Gasteiger partial charge in [-0.1, -0.05) is 119 Å². The lowest BCUT2D eigenvalue weighted by Crippen LogP contribution is -2.13. The fourth-order valence-corrected chi connectivity index (χ4v) is 6.95. The van der Waals surface area contributed by atoms with Crippen molar-refractivity contribution in [1.82, 2.24) is 0 Å². The van der Waals surface area contributed by atoms with Gasteiger partial charge < -0.3 is 10.6 Å². The number of rotatable bonds is 7. The summed E-state index contributed by atoms with van der Waals surface area (Å²) in [5, 5.41) is 10.3. The molecular formula is C34H24N2O2S2. The van der Waals surface area contributed by atoms with Crippen LogP contribution in [-0.2, 0) is 0 Å². The molecule has 6 aromatic rings. The van der Waals surface area contributed by atoms with Crippen LogP contribution in [0.1, 0.15) is 20.7 Å². The van der Waals surface area contributed by atoms with E-state index in [0.29, 0.717) is 11.1 Å². The molecule has 0 spiro atoms. The number of hydrogen-bond acceptors (Lipinski definition) is 4. The highest BCUT2D eigenvalue weighted by Crippen LogP contribution is 2.41. The Bertz CT molecular complexity index is 1720. The smallest absolute Gasteiger partial charge is 0.256 e. The molecule has 0 aliphatic heterocycles. The van der Waals surface area contributed by atoms with Crippen LogP contribution < -0.4 is 10.6 Å². The van der Waals surface area contributed by atoms with Gasteiger partial charge in [0.25, 0.3) is 11.8 Å². The third kappa shape index (κ3) is 5.45. The minimum absolute atomic E-state index is 0.179. The minimum atomic E-state index is -0.179. The summed E-state index contributed by atoms with van der Waals surface area (Å²) < 4.78 is 0. The molecule has 0 aromatic heterocycles. The standard InChI is InChI=1S/C34H24N2O2S2/c37-33(35-29-19-9-13-23-11-1-3-15-25(23)29)27-17-5-7-21-31(27)39-40-32-22-8-6-18-28(32)34(38)36-30-20-10-14-24-12-2-4-16-26(24)30/h1-22H,(H,35,37)(H,36,38). The molecule has 6 rings (SSSR count). The average molecular weight is 557 g/mol. The predicted octanol–water partition coefficient (Wildman–Crippen LogP) is 9.30.